The number of rotatable bonds is 5. The number of hydrogen-bond acceptors (Lipinski definition) is 3. The van der Waals surface area contributed by atoms with Gasteiger partial charge in [0, 0.05) is 48.5 Å². The van der Waals surface area contributed by atoms with Gasteiger partial charge < -0.3 is 10.2 Å². The van der Waals surface area contributed by atoms with E-state index in [0.29, 0.717) is 30.2 Å². The first-order valence-electron chi connectivity index (χ1n) is 9.88. The molecule has 1 fully saturated rings. The summed E-state index contributed by atoms with van der Waals surface area (Å²) in [5.41, 5.74) is 2.53. The number of amides is 2. The molecular weight excluding hydrogens is 398 g/mol. The van der Waals surface area contributed by atoms with Gasteiger partial charge in [-0.1, -0.05) is 54.1 Å². The predicted molar refractivity (Wildman–Crippen MR) is 116 cm³/mol. The van der Waals surface area contributed by atoms with Crippen LogP contribution in [0.25, 0.3) is 0 Å². The van der Waals surface area contributed by atoms with Gasteiger partial charge in [0.15, 0.2) is 0 Å². The van der Waals surface area contributed by atoms with Gasteiger partial charge in [0.05, 0.1) is 5.92 Å². The van der Waals surface area contributed by atoms with Crippen LogP contribution in [0.1, 0.15) is 27.4 Å². The van der Waals surface area contributed by atoms with Crippen molar-refractivity contribution in [2.75, 3.05) is 13.1 Å². The lowest BCUT2D eigenvalue weighted by Crippen LogP contribution is -2.35. The van der Waals surface area contributed by atoms with E-state index in [1.807, 2.05) is 42.5 Å². The molecule has 152 valence electrons. The molecule has 2 heterocycles. The Hall–Kier alpha value is -3.18. The zero-order chi connectivity index (χ0) is 20.9. The van der Waals surface area contributed by atoms with Gasteiger partial charge in [-0.25, -0.2) is 0 Å². The second-order valence-corrected chi connectivity index (χ2v) is 7.86. The van der Waals surface area contributed by atoms with Crippen LogP contribution >= 0.6 is 11.6 Å². The molecule has 1 aliphatic rings. The van der Waals surface area contributed by atoms with Crippen molar-refractivity contribution in [3.63, 3.8) is 0 Å². The van der Waals surface area contributed by atoms with Gasteiger partial charge in [-0.2, -0.15) is 0 Å². The summed E-state index contributed by atoms with van der Waals surface area (Å²) < 4.78 is 0. The molecule has 2 amide bonds. The number of benzene rings is 2. The molecule has 1 saturated heterocycles. The van der Waals surface area contributed by atoms with E-state index in [-0.39, 0.29) is 23.7 Å². The monoisotopic (exact) mass is 419 g/mol. The van der Waals surface area contributed by atoms with E-state index in [9.17, 15) is 9.59 Å². The number of hydrogen-bond donors (Lipinski definition) is 1. The van der Waals surface area contributed by atoms with Gasteiger partial charge in [-0.15, -0.1) is 0 Å². The van der Waals surface area contributed by atoms with Crippen LogP contribution in [0.2, 0.25) is 5.02 Å². The van der Waals surface area contributed by atoms with Gasteiger partial charge >= 0.3 is 0 Å². The maximum atomic E-state index is 13.1. The van der Waals surface area contributed by atoms with Crippen molar-refractivity contribution in [1.82, 2.24) is 15.2 Å². The Balaban J connectivity index is 1.53. The molecule has 30 heavy (non-hydrogen) atoms. The van der Waals surface area contributed by atoms with Gasteiger partial charge in [0.25, 0.3) is 5.91 Å². The quantitative estimate of drug-likeness (QED) is 0.682. The minimum atomic E-state index is -0.327. The summed E-state index contributed by atoms with van der Waals surface area (Å²) in [6.07, 6.45) is 3.44. The molecule has 2 unspecified atom stereocenters. The number of aromatic nitrogens is 1. The molecule has 6 heteroatoms. The van der Waals surface area contributed by atoms with E-state index in [4.69, 9.17) is 11.6 Å². The van der Waals surface area contributed by atoms with Gasteiger partial charge in [-0.05, 0) is 35.4 Å². The average Bonchev–Trinajstić information content (AvgIpc) is 3.24. The number of carbonyl (C=O) groups is 2. The van der Waals surface area contributed by atoms with E-state index in [1.165, 1.54) is 0 Å². The Morgan fingerprint density at radius 1 is 1.03 bits per heavy atom. The molecule has 5 nitrogen and oxygen atoms in total. The number of halogens is 1. The Kier molecular flexibility index (Phi) is 6.10. The number of nitrogens with one attached hydrogen (secondary N) is 1. The Bertz CT molecular complexity index is 1030. The van der Waals surface area contributed by atoms with Crippen LogP contribution in [0.3, 0.4) is 0 Å². The van der Waals surface area contributed by atoms with Crippen LogP contribution in [0.5, 0.6) is 0 Å². The molecule has 0 saturated carbocycles. The van der Waals surface area contributed by atoms with Gasteiger partial charge in [0.1, 0.15) is 0 Å². The first-order chi connectivity index (χ1) is 14.6. The summed E-state index contributed by atoms with van der Waals surface area (Å²) >= 11 is 6.06. The Labute approximate surface area is 180 Å². The highest BCUT2D eigenvalue weighted by Gasteiger charge is 2.40. The van der Waals surface area contributed by atoms with Crippen LogP contribution in [0, 0.1) is 5.92 Å². The van der Waals surface area contributed by atoms with Crippen LogP contribution in [0.4, 0.5) is 0 Å². The maximum absolute atomic E-state index is 13.1. The number of pyridine rings is 1. The lowest BCUT2D eigenvalue weighted by molar-refractivity contribution is -0.125. The highest BCUT2D eigenvalue weighted by molar-refractivity contribution is 6.30. The van der Waals surface area contributed by atoms with Crippen LogP contribution in [0.15, 0.2) is 79.1 Å². The summed E-state index contributed by atoms with van der Waals surface area (Å²) in [5.74, 6) is -0.564. The SMILES string of the molecule is O=C(NCc1cccnc1)C1CN(C(=O)c2cccc(Cl)c2)CC1c1ccccc1. The molecular formula is C24H22ClN3O2. The van der Waals surface area contributed by atoms with E-state index in [1.54, 1.807) is 41.6 Å². The fraction of sp³-hybridized carbons (Fsp3) is 0.208. The fourth-order valence-electron chi connectivity index (χ4n) is 3.90. The minimum Gasteiger partial charge on any atom is -0.352 e. The molecule has 1 N–H and O–H groups in total. The number of nitrogens with zero attached hydrogens (tertiary/aromatic N) is 2. The summed E-state index contributed by atoms with van der Waals surface area (Å²) in [6, 6.07) is 20.6. The Morgan fingerprint density at radius 2 is 1.87 bits per heavy atom. The van der Waals surface area contributed by atoms with Crippen molar-refractivity contribution in [2.24, 2.45) is 5.92 Å². The van der Waals surface area contributed by atoms with E-state index in [2.05, 4.69) is 10.3 Å². The van der Waals surface area contributed by atoms with Crippen molar-refractivity contribution in [3.8, 4) is 0 Å². The highest BCUT2D eigenvalue weighted by Crippen LogP contribution is 2.34. The minimum absolute atomic E-state index is 0.0610. The van der Waals surface area contributed by atoms with Crippen LogP contribution in [-0.4, -0.2) is 34.8 Å². The highest BCUT2D eigenvalue weighted by atomic mass is 35.5. The molecule has 1 aliphatic heterocycles. The smallest absolute Gasteiger partial charge is 0.253 e. The van der Waals surface area contributed by atoms with E-state index in [0.717, 1.165) is 11.1 Å². The third kappa shape index (κ3) is 4.52. The predicted octanol–water partition coefficient (Wildman–Crippen LogP) is 3.91. The normalized spacial score (nSPS) is 18.2. The van der Waals surface area contributed by atoms with Crippen molar-refractivity contribution in [2.45, 2.75) is 12.5 Å². The molecule has 3 aromatic rings. The van der Waals surface area contributed by atoms with Crippen molar-refractivity contribution in [3.05, 3.63) is 101 Å². The van der Waals surface area contributed by atoms with E-state index < -0.39 is 0 Å². The largest absolute Gasteiger partial charge is 0.352 e. The number of carbonyl (C=O) groups excluding carboxylic acids is 2. The first kappa shape index (κ1) is 20.1. The summed E-state index contributed by atoms with van der Waals surface area (Å²) in [4.78, 5) is 32.0. The van der Waals surface area contributed by atoms with Crippen molar-refractivity contribution in [1.29, 1.82) is 0 Å². The molecule has 0 radical (unpaired) electrons. The van der Waals surface area contributed by atoms with Crippen LogP contribution in [-0.2, 0) is 11.3 Å². The van der Waals surface area contributed by atoms with Gasteiger partial charge in [-0.3, -0.25) is 14.6 Å². The maximum Gasteiger partial charge on any atom is 0.253 e. The third-order valence-corrected chi connectivity index (χ3v) is 5.67. The molecule has 2 aromatic carbocycles. The zero-order valence-corrected chi connectivity index (χ0v) is 17.1. The second kappa shape index (κ2) is 9.09. The Morgan fingerprint density at radius 3 is 2.60 bits per heavy atom. The molecule has 4 rings (SSSR count). The van der Waals surface area contributed by atoms with E-state index >= 15 is 0 Å². The first-order valence-corrected chi connectivity index (χ1v) is 10.3. The molecule has 1 aromatic heterocycles. The zero-order valence-electron chi connectivity index (χ0n) is 16.4. The molecule has 0 bridgehead atoms. The van der Waals surface area contributed by atoms with Crippen LogP contribution < -0.4 is 5.32 Å². The fourth-order valence-corrected chi connectivity index (χ4v) is 4.09. The molecule has 0 aliphatic carbocycles. The molecule has 2 atom stereocenters. The summed E-state index contributed by atoms with van der Waals surface area (Å²) in [7, 11) is 0. The lowest BCUT2D eigenvalue weighted by Gasteiger charge is -2.18. The lowest BCUT2D eigenvalue weighted by atomic mass is 9.88. The average molecular weight is 420 g/mol. The third-order valence-electron chi connectivity index (χ3n) is 5.43. The molecule has 0 spiro atoms. The van der Waals surface area contributed by atoms with Crippen molar-refractivity contribution >= 4 is 23.4 Å². The summed E-state index contributed by atoms with van der Waals surface area (Å²) in [5, 5.41) is 3.53. The van der Waals surface area contributed by atoms with Crippen molar-refractivity contribution < 1.29 is 9.59 Å². The standard InChI is InChI=1S/C24H22ClN3O2/c25-20-10-4-9-19(12-20)24(30)28-15-21(18-7-2-1-3-8-18)22(16-28)23(29)27-14-17-6-5-11-26-13-17/h1-13,21-22H,14-16H2,(H,27,29). The topological polar surface area (TPSA) is 62.3 Å². The number of likely N-dealkylation sites (tertiary alicyclic amines) is 1. The second-order valence-electron chi connectivity index (χ2n) is 7.42. The summed E-state index contributed by atoms with van der Waals surface area (Å²) in [6.45, 7) is 1.26. The van der Waals surface area contributed by atoms with Gasteiger partial charge in [0.2, 0.25) is 5.91 Å².